The summed E-state index contributed by atoms with van der Waals surface area (Å²) in [6, 6.07) is 18.2. The fourth-order valence-electron chi connectivity index (χ4n) is 5.34. The summed E-state index contributed by atoms with van der Waals surface area (Å²) < 4.78 is 59.2. The van der Waals surface area contributed by atoms with Crippen LogP contribution in [0.15, 0.2) is 81.8 Å². The molecule has 4 aromatic carbocycles. The van der Waals surface area contributed by atoms with Crippen molar-refractivity contribution in [2.24, 2.45) is 0 Å². The molecule has 19 heteroatoms. The monoisotopic (exact) mass is 804 g/mol. The third kappa shape index (κ3) is 11.2. The van der Waals surface area contributed by atoms with Gasteiger partial charge in [-0.15, -0.1) is 5.46 Å². The van der Waals surface area contributed by atoms with Crippen molar-refractivity contribution in [3.63, 3.8) is 0 Å². The molecule has 2 heterocycles. The Morgan fingerprint density at radius 2 is 1.02 bits per heavy atom. The summed E-state index contributed by atoms with van der Waals surface area (Å²) >= 11 is 0. The Kier molecular flexibility index (Phi) is 18.6. The molecule has 292 valence electrons. The largest absolute Gasteiger partial charge is 1.00 e. The van der Waals surface area contributed by atoms with Crippen molar-refractivity contribution >= 4 is 24.8 Å². The number of halogens is 3. The number of nitrogens with zero attached hydrogens (tertiary/aromatic N) is 4. The molecule has 0 bridgehead atoms. The van der Waals surface area contributed by atoms with Crippen molar-refractivity contribution in [3.8, 4) is 57.2 Å². The van der Waals surface area contributed by atoms with Crippen LogP contribution in [0.5, 0.6) is 11.5 Å². The molecule has 6 aromatic rings. The number of hydrogen-bond donors (Lipinski definition) is 5. The summed E-state index contributed by atoms with van der Waals surface area (Å²) in [7, 11) is 2.91. The second-order valence-corrected chi connectivity index (χ2v) is 11.6. The van der Waals surface area contributed by atoms with E-state index in [4.69, 9.17) is 18.5 Å². The Labute approximate surface area is 365 Å². The van der Waals surface area contributed by atoms with Crippen molar-refractivity contribution in [2.75, 3.05) is 14.2 Å². The van der Waals surface area contributed by atoms with Crippen LogP contribution >= 0.6 is 0 Å². The van der Waals surface area contributed by atoms with Crippen LogP contribution in [0.3, 0.4) is 0 Å². The van der Waals surface area contributed by atoms with E-state index in [-0.39, 0.29) is 110 Å². The molecular weight excluding hydrogens is 762 g/mol. The molecule has 2 aromatic heterocycles. The standard InChI is InChI=1S/C18H19BN2O5.C17H15BF3N2O4.2CH4.K/c1-19(24)14-5-3-11(4-6-14)17-20-18(26-21-17)12-7-13(9-22)15(10-23)16(8-12)25-2;1-26-15-7-11(6-12(8-24)14(15)9-25)17-22-16(23-27-17)10-2-4-13(5-3-10)18(19,20)21;;;/h3-8,22-24H,9-10H2,1-2H3;2-7,24-25H,8-9H2,1H3;2*1H4;/q;-1;;;+1. The smallest absolute Gasteiger partial charge is 0.496 e. The SMILES string of the molecule is C.C.COc1cc(-c2nc(-c3ccc(B(C)O)cc3)no2)cc(CO)c1CO.COc1cc(-c2nc(-c3ccc([B-](F)(F)F)cc3)no2)cc(CO)c1CO.[K+]. The van der Waals surface area contributed by atoms with E-state index in [1.54, 1.807) is 43.2 Å². The summed E-state index contributed by atoms with van der Waals surface area (Å²) in [6.07, 6.45) is 0. The molecule has 0 aliphatic heterocycles. The quantitative estimate of drug-likeness (QED) is 0.113. The van der Waals surface area contributed by atoms with Crippen LogP contribution in [-0.2, 0) is 26.4 Å². The molecule has 0 spiro atoms. The molecular formula is C37H42B2F3KN4O9. The molecule has 0 aliphatic rings. The van der Waals surface area contributed by atoms with Gasteiger partial charge < -0.3 is 56.9 Å². The predicted octanol–water partition coefficient (Wildman–Crippen LogP) is 1.94. The average Bonchev–Trinajstić information content (AvgIpc) is 3.88. The first-order chi connectivity index (χ1) is 25.4. The molecule has 0 aliphatic carbocycles. The maximum atomic E-state index is 12.7. The summed E-state index contributed by atoms with van der Waals surface area (Å²) in [4.78, 5) is 8.59. The number of ether oxygens (including phenoxy) is 2. The Balaban J connectivity index is 0.000000367. The zero-order valence-electron chi connectivity index (χ0n) is 29.7. The topological polar surface area (TPSA) is 197 Å². The number of methoxy groups -OCH3 is 2. The molecule has 0 unspecified atom stereocenters. The van der Waals surface area contributed by atoms with Gasteiger partial charge in [0, 0.05) is 33.4 Å². The third-order valence-electron chi connectivity index (χ3n) is 8.24. The van der Waals surface area contributed by atoms with Crippen LogP contribution < -0.4 is 71.8 Å². The minimum absolute atomic E-state index is 0. The van der Waals surface area contributed by atoms with Gasteiger partial charge in [-0.05, 0) is 40.9 Å². The number of aliphatic hydroxyl groups excluding tert-OH is 4. The Morgan fingerprint density at radius 3 is 1.34 bits per heavy atom. The summed E-state index contributed by atoms with van der Waals surface area (Å²) in [5.74, 6) is 1.70. The van der Waals surface area contributed by atoms with Gasteiger partial charge >= 0.3 is 65.3 Å². The van der Waals surface area contributed by atoms with Crippen LogP contribution in [0, 0.1) is 0 Å². The van der Waals surface area contributed by atoms with Gasteiger partial charge in [0.15, 0.2) is 0 Å². The van der Waals surface area contributed by atoms with Gasteiger partial charge in [-0.25, -0.2) is 0 Å². The van der Waals surface area contributed by atoms with Crippen molar-refractivity contribution in [2.45, 2.75) is 48.1 Å². The molecule has 5 N–H and O–H groups in total. The zero-order valence-corrected chi connectivity index (χ0v) is 32.8. The molecule has 0 atom stereocenters. The van der Waals surface area contributed by atoms with Crippen LogP contribution in [-0.4, -0.2) is 73.8 Å². The maximum absolute atomic E-state index is 12.7. The Hall–Kier alpha value is -3.88. The van der Waals surface area contributed by atoms with Crippen LogP contribution in [0.25, 0.3) is 45.7 Å². The van der Waals surface area contributed by atoms with Crippen molar-refractivity contribution in [1.82, 2.24) is 20.3 Å². The average molecular weight is 804 g/mol. The maximum Gasteiger partial charge on any atom is 1.00 e. The molecule has 0 fully saturated rings. The number of rotatable bonds is 12. The Morgan fingerprint density at radius 1 is 0.625 bits per heavy atom. The van der Waals surface area contributed by atoms with Crippen molar-refractivity contribution in [1.29, 1.82) is 0 Å². The summed E-state index contributed by atoms with van der Waals surface area (Å²) in [5, 5.41) is 55.3. The van der Waals surface area contributed by atoms with Crippen LogP contribution in [0.1, 0.15) is 37.1 Å². The first kappa shape index (κ1) is 48.3. The molecule has 0 radical (unpaired) electrons. The molecule has 13 nitrogen and oxygen atoms in total. The van der Waals surface area contributed by atoms with Gasteiger partial charge in [0.25, 0.3) is 11.8 Å². The Bertz CT molecular complexity index is 2100. The minimum atomic E-state index is -5.07. The zero-order chi connectivity index (χ0) is 38.3. The first-order valence-corrected chi connectivity index (χ1v) is 16.0. The van der Waals surface area contributed by atoms with E-state index in [0.29, 0.717) is 56.3 Å². The fraction of sp³-hybridized carbons (Fsp3) is 0.243. The second-order valence-electron chi connectivity index (χ2n) is 11.6. The fourth-order valence-corrected chi connectivity index (χ4v) is 5.34. The molecule has 0 saturated carbocycles. The summed E-state index contributed by atoms with van der Waals surface area (Å²) in [5.41, 5.74) is 4.17. The normalized spacial score (nSPS) is 10.6. The van der Waals surface area contributed by atoms with Gasteiger partial charge in [-0.1, -0.05) is 80.5 Å². The number of aliphatic hydroxyl groups is 4. The second kappa shape index (κ2) is 21.6. The molecule has 6 rings (SSSR count). The van der Waals surface area contributed by atoms with E-state index in [9.17, 15) is 38.4 Å². The third-order valence-corrected chi connectivity index (χ3v) is 8.24. The van der Waals surface area contributed by atoms with E-state index >= 15 is 0 Å². The van der Waals surface area contributed by atoms with Gasteiger partial charge in [0.1, 0.15) is 11.5 Å². The first-order valence-electron chi connectivity index (χ1n) is 16.0. The number of aromatic nitrogens is 4. The number of benzene rings is 4. The van der Waals surface area contributed by atoms with Gasteiger partial charge in [0.05, 0.1) is 40.6 Å². The van der Waals surface area contributed by atoms with E-state index in [2.05, 4.69) is 20.3 Å². The summed E-state index contributed by atoms with van der Waals surface area (Å²) in [6.45, 7) is -5.06. The predicted molar refractivity (Wildman–Crippen MR) is 203 cm³/mol. The minimum Gasteiger partial charge on any atom is -0.496 e. The molecule has 0 saturated heterocycles. The van der Waals surface area contributed by atoms with Crippen molar-refractivity contribution in [3.05, 3.63) is 95.1 Å². The van der Waals surface area contributed by atoms with E-state index in [0.717, 1.165) is 23.2 Å². The van der Waals surface area contributed by atoms with Crippen LogP contribution in [0.4, 0.5) is 12.9 Å². The van der Waals surface area contributed by atoms with E-state index < -0.39 is 19.4 Å². The van der Waals surface area contributed by atoms with E-state index in [1.165, 1.54) is 26.4 Å². The van der Waals surface area contributed by atoms with Crippen molar-refractivity contribution < 1.29 is 108 Å². The van der Waals surface area contributed by atoms with Crippen LogP contribution in [0.2, 0.25) is 6.82 Å². The van der Waals surface area contributed by atoms with Gasteiger partial charge in [0.2, 0.25) is 11.6 Å². The molecule has 0 amide bonds. The van der Waals surface area contributed by atoms with Gasteiger partial charge in [-0.3, -0.25) is 0 Å². The van der Waals surface area contributed by atoms with Gasteiger partial charge in [-0.2, -0.15) is 9.97 Å². The molecule has 56 heavy (non-hydrogen) atoms. The van der Waals surface area contributed by atoms with E-state index in [1.807, 2.05) is 12.1 Å². The number of hydrogen-bond acceptors (Lipinski definition) is 13.